The molecule has 0 atom stereocenters. The molecule has 0 saturated heterocycles. The maximum atomic E-state index is 13.2. The summed E-state index contributed by atoms with van der Waals surface area (Å²) in [5.74, 6) is -1.53. The van der Waals surface area contributed by atoms with Gasteiger partial charge in [-0.2, -0.15) is 13.2 Å². The maximum absolute atomic E-state index is 13.2. The fourth-order valence-corrected chi connectivity index (χ4v) is 3.93. The summed E-state index contributed by atoms with van der Waals surface area (Å²) in [5.41, 5.74) is -1.39. The topological polar surface area (TPSA) is 118 Å². The number of aromatic carboxylic acids is 1. The Morgan fingerprint density at radius 1 is 1.20 bits per heavy atom. The van der Waals surface area contributed by atoms with Crippen molar-refractivity contribution in [1.82, 2.24) is 19.5 Å². The highest BCUT2D eigenvalue weighted by molar-refractivity contribution is 7.90. The van der Waals surface area contributed by atoms with E-state index >= 15 is 0 Å². The largest absolute Gasteiger partial charge is 0.478 e. The van der Waals surface area contributed by atoms with E-state index in [4.69, 9.17) is 5.11 Å². The van der Waals surface area contributed by atoms with Crippen LogP contribution >= 0.6 is 0 Å². The van der Waals surface area contributed by atoms with Gasteiger partial charge in [-0.15, -0.1) is 0 Å². The number of sulfone groups is 1. The monoisotopic (exact) mass is 441 g/mol. The third-order valence-electron chi connectivity index (χ3n) is 4.71. The lowest BCUT2D eigenvalue weighted by molar-refractivity contribution is -0.141. The lowest BCUT2D eigenvalue weighted by Gasteiger charge is -2.28. The van der Waals surface area contributed by atoms with E-state index < -0.39 is 33.2 Å². The summed E-state index contributed by atoms with van der Waals surface area (Å²) in [7, 11) is -3.41. The molecule has 0 fully saturated rings. The molecule has 1 aliphatic rings. The van der Waals surface area contributed by atoms with Gasteiger partial charge in [-0.3, -0.25) is 0 Å². The minimum Gasteiger partial charge on any atom is -0.478 e. The molecule has 0 aliphatic carbocycles. The normalized spacial score (nSPS) is 14.7. The number of halogens is 3. The summed E-state index contributed by atoms with van der Waals surface area (Å²) < 4.78 is 65.1. The van der Waals surface area contributed by atoms with E-state index in [0.29, 0.717) is 29.6 Å². The van der Waals surface area contributed by atoms with Gasteiger partial charge in [-0.05, 0) is 18.2 Å². The zero-order chi connectivity index (χ0) is 21.8. The molecule has 0 amide bonds. The number of nitrogens with zero attached hydrogens (tertiary/aromatic N) is 5. The van der Waals surface area contributed by atoms with Crippen molar-refractivity contribution < 1.29 is 31.5 Å². The van der Waals surface area contributed by atoms with Crippen LogP contribution in [-0.4, -0.2) is 51.8 Å². The van der Waals surface area contributed by atoms with Crippen molar-refractivity contribution in [2.75, 3.05) is 17.7 Å². The van der Waals surface area contributed by atoms with Gasteiger partial charge in [-0.25, -0.2) is 28.2 Å². The van der Waals surface area contributed by atoms with Crippen LogP contribution in [-0.2, 0) is 29.1 Å². The fraction of sp³-hybridized carbons (Fsp3) is 0.294. The first-order valence-corrected chi connectivity index (χ1v) is 10.5. The van der Waals surface area contributed by atoms with E-state index in [1.165, 1.54) is 17.0 Å². The Balaban J connectivity index is 1.72. The molecule has 9 nitrogen and oxygen atoms in total. The summed E-state index contributed by atoms with van der Waals surface area (Å²) >= 11 is 0. The van der Waals surface area contributed by atoms with E-state index in [-0.39, 0.29) is 23.9 Å². The van der Waals surface area contributed by atoms with Crippen LogP contribution in [0, 0.1) is 0 Å². The van der Waals surface area contributed by atoms with Crippen LogP contribution in [0.1, 0.15) is 21.9 Å². The highest BCUT2D eigenvalue weighted by atomic mass is 32.2. The first-order chi connectivity index (χ1) is 13.9. The van der Waals surface area contributed by atoms with Gasteiger partial charge in [-0.1, -0.05) is 0 Å². The van der Waals surface area contributed by atoms with Gasteiger partial charge in [0.05, 0.1) is 22.5 Å². The van der Waals surface area contributed by atoms with Crippen LogP contribution in [0.4, 0.5) is 19.1 Å². The summed E-state index contributed by atoms with van der Waals surface area (Å²) in [4.78, 5) is 24.3. The summed E-state index contributed by atoms with van der Waals surface area (Å²) in [6, 6.07) is 4.52. The molecule has 0 radical (unpaired) electrons. The predicted octanol–water partition coefficient (Wildman–Crippen LogP) is 1.97. The van der Waals surface area contributed by atoms with Crippen LogP contribution in [0.15, 0.2) is 29.3 Å². The minimum atomic E-state index is -4.95. The Bertz CT molecular complexity index is 1290. The van der Waals surface area contributed by atoms with Crippen molar-refractivity contribution in [2.45, 2.75) is 24.2 Å². The second-order valence-corrected chi connectivity index (χ2v) is 8.77. The van der Waals surface area contributed by atoms with Crippen molar-refractivity contribution in [2.24, 2.45) is 0 Å². The van der Waals surface area contributed by atoms with Crippen molar-refractivity contribution in [3.8, 4) is 0 Å². The number of alkyl halides is 3. The van der Waals surface area contributed by atoms with Crippen LogP contribution in [0.5, 0.6) is 0 Å². The Kier molecular flexibility index (Phi) is 4.45. The summed E-state index contributed by atoms with van der Waals surface area (Å²) in [6.45, 7) is 0.613. The number of carbonyl (C=O) groups is 1. The molecule has 2 aromatic heterocycles. The Morgan fingerprint density at radius 2 is 1.93 bits per heavy atom. The van der Waals surface area contributed by atoms with Gasteiger partial charge < -0.3 is 14.6 Å². The van der Waals surface area contributed by atoms with Crippen molar-refractivity contribution in [3.05, 3.63) is 41.5 Å². The minimum absolute atomic E-state index is 0.0760. The van der Waals surface area contributed by atoms with Gasteiger partial charge >= 0.3 is 12.1 Å². The second-order valence-electron chi connectivity index (χ2n) is 6.76. The van der Waals surface area contributed by atoms with Crippen molar-refractivity contribution in [3.63, 3.8) is 0 Å². The molecule has 1 N–H and O–H groups in total. The van der Waals surface area contributed by atoms with Gasteiger partial charge in [0.15, 0.2) is 15.5 Å². The molecule has 0 bridgehead atoms. The molecular formula is C17H14F3N5O4S. The van der Waals surface area contributed by atoms with E-state index in [2.05, 4.69) is 15.0 Å². The molecule has 0 saturated carbocycles. The Labute approximate surface area is 167 Å². The Morgan fingerprint density at radius 3 is 2.57 bits per heavy atom. The molecule has 3 aromatic rings. The highest BCUT2D eigenvalue weighted by Gasteiger charge is 2.39. The number of carboxylic acids is 1. The number of hydrogen-bond acceptors (Lipinski definition) is 7. The molecule has 1 aromatic carbocycles. The van der Waals surface area contributed by atoms with Crippen molar-refractivity contribution >= 4 is 32.8 Å². The number of fused-ring (bicyclic) bond motifs is 3. The number of anilines is 1. The summed E-state index contributed by atoms with van der Waals surface area (Å²) in [6.07, 6.45) is -3.21. The molecule has 30 heavy (non-hydrogen) atoms. The van der Waals surface area contributed by atoms with E-state index in [9.17, 15) is 26.4 Å². The zero-order valence-corrected chi connectivity index (χ0v) is 16.2. The van der Waals surface area contributed by atoms with Gasteiger partial charge in [0.1, 0.15) is 11.4 Å². The highest BCUT2D eigenvalue weighted by Crippen LogP contribution is 2.32. The molecule has 13 heteroatoms. The second kappa shape index (κ2) is 6.65. The predicted molar refractivity (Wildman–Crippen MR) is 97.9 cm³/mol. The third kappa shape index (κ3) is 3.44. The third-order valence-corrected chi connectivity index (χ3v) is 5.82. The zero-order valence-electron chi connectivity index (χ0n) is 15.4. The van der Waals surface area contributed by atoms with Gasteiger partial charge in [0.25, 0.3) is 0 Å². The first-order valence-electron chi connectivity index (χ1n) is 8.57. The van der Waals surface area contributed by atoms with Crippen LogP contribution < -0.4 is 4.90 Å². The van der Waals surface area contributed by atoms with E-state index in [1.807, 2.05) is 0 Å². The SMILES string of the molecule is CS(=O)(=O)c1ccc2nc3n(c2c1)CCN(c1ncc(C(=O)O)c(C(F)(F)F)n1)C3. The molecule has 1 aliphatic heterocycles. The van der Waals surface area contributed by atoms with Gasteiger partial charge in [0.2, 0.25) is 5.95 Å². The van der Waals surface area contributed by atoms with Crippen LogP contribution in [0.2, 0.25) is 0 Å². The number of imidazole rings is 1. The molecule has 158 valence electrons. The first kappa shape index (κ1) is 20.1. The van der Waals surface area contributed by atoms with Crippen molar-refractivity contribution in [1.29, 1.82) is 0 Å². The molecule has 0 spiro atoms. The average Bonchev–Trinajstić information content (AvgIpc) is 3.03. The molecule has 3 heterocycles. The van der Waals surface area contributed by atoms with E-state index in [1.54, 1.807) is 10.6 Å². The number of carboxylic acid groups (broad SMARTS) is 1. The van der Waals surface area contributed by atoms with Crippen LogP contribution in [0.25, 0.3) is 11.0 Å². The lowest BCUT2D eigenvalue weighted by Crippen LogP contribution is -2.35. The lowest BCUT2D eigenvalue weighted by atomic mass is 10.2. The van der Waals surface area contributed by atoms with Crippen LogP contribution in [0.3, 0.4) is 0 Å². The molecule has 4 rings (SSSR count). The number of hydrogen-bond donors (Lipinski definition) is 1. The smallest absolute Gasteiger partial charge is 0.434 e. The van der Waals surface area contributed by atoms with Gasteiger partial charge in [0, 0.05) is 25.5 Å². The standard InChI is InChI=1S/C17H14F3N5O4S/c1-30(28,29)9-2-3-11-12(6-9)25-5-4-24(8-13(25)22-11)16-21-7-10(15(26)27)14(23-16)17(18,19)20/h2-3,6-7H,4-5,8H2,1H3,(H,26,27). The fourth-order valence-electron chi connectivity index (χ4n) is 3.29. The Hall–Kier alpha value is -3.22. The number of aromatic nitrogens is 4. The molecular weight excluding hydrogens is 427 g/mol. The molecule has 0 unspecified atom stereocenters. The number of rotatable bonds is 3. The number of benzene rings is 1. The average molecular weight is 441 g/mol. The maximum Gasteiger partial charge on any atom is 0.434 e. The quantitative estimate of drug-likeness (QED) is 0.656. The summed E-state index contributed by atoms with van der Waals surface area (Å²) in [5, 5.41) is 8.97. The van der Waals surface area contributed by atoms with E-state index in [0.717, 1.165) is 6.26 Å².